The molecule has 9 heteroatoms. The van der Waals surface area contributed by atoms with Crippen molar-refractivity contribution in [2.75, 3.05) is 19.1 Å². The van der Waals surface area contributed by atoms with Crippen LogP contribution in [0.3, 0.4) is 0 Å². The molecule has 0 saturated heterocycles. The number of carbonyl (C=O) groups is 2. The fourth-order valence-electron chi connectivity index (χ4n) is 4.98. The van der Waals surface area contributed by atoms with Crippen molar-refractivity contribution in [2.24, 2.45) is 0 Å². The van der Waals surface area contributed by atoms with Crippen LogP contribution < -0.4 is 5.32 Å². The van der Waals surface area contributed by atoms with Gasteiger partial charge in [-0.25, -0.2) is 13.6 Å². The third-order valence-corrected chi connectivity index (χ3v) is 7.67. The van der Waals surface area contributed by atoms with Crippen molar-refractivity contribution in [3.8, 4) is 11.1 Å². The van der Waals surface area contributed by atoms with Gasteiger partial charge in [0.05, 0.1) is 7.11 Å². The zero-order valence-corrected chi connectivity index (χ0v) is 25.3. The molecule has 1 amide bonds. The fourth-order valence-corrected chi connectivity index (χ4v) is 5.46. The molecule has 4 aromatic rings. The van der Waals surface area contributed by atoms with Gasteiger partial charge in [-0.1, -0.05) is 36.4 Å². The highest BCUT2D eigenvalue weighted by Crippen LogP contribution is 2.29. The van der Waals surface area contributed by atoms with E-state index in [1.165, 1.54) is 19.2 Å². The number of carbonyl (C=O) groups excluding carboxylic acids is 2. The van der Waals surface area contributed by atoms with Crippen LogP contribution in [0.15, 0.2) is 85.2 Å². The second-order valence-electron chi connectivity index (χ2n) is 10.3. The number of esters is 1. The van der Waals surface area contributed by atoms with Gasteiger partial charge >= 0.3 is 5.97 Å². The van der Waals surface area contributed by atoms with E-state index in [1.54, 1.807) is 30.2 Å². The SMILES string of the molecule is COC(=O)C(CCSC)NC(=O)c1ccc(CN(Cc2cccnc2)Cc2cc(F)cc(F)c2)cc1-c1ccccc1C. The number of aromatic nitrogens is 1. The van der Waals surface area contributed by atoms with Crippen molar-refractivity contribution in [1.29, 1.82) is 0 Å². The van der Waals surface area contributed by atoms with Gasteiger partial charge in [0.25, 0.3) is 5.91 Å². The molecule has 6 nitrogen and oxygen atoms in total. The maximum Gasteiger partial charge on any atom is 0.328 e. The number of hydrogen-bond acceptors (Lipinski definition) is 6. The minimum Gasteiger partial charge on any atom is -0.467 e. The summed E-state index contributed by atoms with van der Waals surface area (Å²) in [6, 6.07) is 19.9. The average molecular weight is 604 g/mol. The predicted molar refractivity (Wildman–Crippen MR) is 166 cm³/mol. The molecule has 1 atom stereocenters. The van der Waals surface area contributed by atoms with Gasteiger partial charge in [-0.3, -0.25) is 14.7 Å². The minimum atomic E-state index is -0.768. The number of halogens is 2. The molecule has 0 aliphatic carbocycles. The first-order valence-electron chi connectivity index (χ1n) is 13.9. The molecule has 1 unspecified atom stereocenters. The van der Waals surface area contributed by atoms with Gasteiger partial charge in [0.15, 0.2) is 0 Å². The van der Waals surface area contributed by atoms with E-state index in [1.807, 2.05) is 61.7 Å². The van der Waals surface area contributed by atoms with E-state index < -0.39 is 23.6 Å². The summed E-state index contributed by atoms with van der Waals surface area (Å²) >= 11 is 1.58. The first-order chi connectivity index (χ1) is 20.8. The normalized spacial score (nSPS) is 11.8. The number of methoxy groups -OCH3 is 1. The number of benzene rings is 3. The number of thioether (sulfide) groups is 1. The number of pyridine rings is 1. The number of amides is 1. The van der Waals surface area contributed by atoms with Crippen molar-refractivity contribution in [3.05, 3.63) is 125 Å². The van der Waals surface area contributed by atoms with Gasteiger partial charge in [-0.05, 0) is 89.1 Å². The Hall–Kier alpha value is -4.08. The van der Waals surface area contributed by atoms with Crippen LogP contribution in [0.5, 0.6) is 0 Å². The lowest BCUT2D eigenvalue weighted by atomic mass is 9.93. The Morgan fingerprint density at radius 2 is 1.63 bits per heavy atom. The van der Waals surface area contributed by atoms with E-state index >= 15 is 0 Å². The van der Waals surface area contributed by atoms with Crippen molar-refractivity contribution < 1.29 is 23.1 Å². The lowest BCUT2D eigenvalue weighted by molar-refractivity contribution is -0.142. The van der Waals surface area contributed by atoms with Crippen LogP contribution >= 0.6 is 11.8 Å². The van der Waals surface area contributed by atoms with Crippen LogP contribution in [0.1, 0.15) is 39.0 Å². The summed E-state index contributed by atoms with van der Waals surface area (Å²) in [7, 11) is 1.31. The smallest absolute Gasteiger partial charge is 0.328 e. The molecule has 0 radical (unpaired) electrons. The molecule has 1 aromatic heterocycles. The van der Waals surface area contributed by atoms with Crippen LogP contribution in [0.4, 0.5) is 8.78 Å². The number of nitrogens with zero attached hydrogens (tertiary/aromatic N) is 2. The summed E-state index contributed by atoms with van der Waals surface area (Å²) < 4.78 is 33.0. The summed E-state index contributed by atoms with van der Waals surface area (Å²) in [5.41, 5.74) is 5.40. The quantitative estimate of drug-likeness (QED) is 0.175. The fraction of sp³-hybridized carbons (Fsp3) is 0.265. The summed E-state index contributed by atoms with van der Waals surface area (Å²) in [5.74, 6) is -1.43. The van der Waals surface area contributed by atoms with Crippen molar-refractivity contribution in [2.45, 2.75) is 39.0 Å². The van der Waals surface area contributed by atoms with E-state index in [0.717, 1.165) is 33.9 Å². The highest BCUT2D eigenvalue weighted by atomic mass is 32.2. The zero-order chi connectivity index (χ0) is 30.8. The third-order valence-electron chi connectivity index (χ3n) is 7.03. The maximum absolute atomic E-state index is 14.0. The molecule has 43 heavy (non-hydrogen) atoms. The third kappa shape index (κ3) is 8.95. The number of aryl methyl sites for hydroxylation is 1. The zero-order valence-electron chi connectivity index (χ0n) is 24.5. The molecule has 224 valence electrons. The summed E-state index contributed by atoms with van der Waals surface area (Å²) in [5, 5.41) is 2.87. The lowest BCUT2D eigenvalue weighted by Crippen LogP contribution is -2.42. The van der Waals surface area contributed by atoms with Crippen molar-refractivity contribution in [1.82, 2.24) is 15.2 Å². The molecule has 0 spiro atoms. The number of nitrogens with one attached hydrogen (secondary N) is 1. The van der Waals surface area contributed by atoms with Crippen molar-refractivity contribution in [3.63, 3.8) is 0 Å². The molecule has 0 saturated carbocycles. The van der Waals surface area contributed by atoms with Crippen LogP contribution in [0.25, 0.3) is 11.1 Å². The predicted octanol–water partition coefficient (Wildman–Crippen LogP) is 6.56. The monoisotopic (exact) mass is 603 g/mol. The molecule has 4 rings (SSSR count). The van der Waals surface area contributed by atoms with E-state index in [0.29, 0.717) is 42.9 Å². The molecule has 3 aromatic carbocycles. The van der Waals surface area contributed by atoms with Crippen molar-refractivity contribution >= 4 is 23.6 Å². The van der Waals surface area contributed by atoms with E-state index in [-0.39, 0.29) is 5.91 Å². The van der Waals surface area contributed by atoms with Crippen LogP contribution in [-0.4, -0.2) is 46.9 Å². The van der Waals surface area contributed by atoms with Gasteiger partial charge in [0, 0.05) is 43.7 Å². The Morgan fingerprint density at radius 3 is 2.30 bits per heavy atom. The average Bonchev–Trinajstić information content (AvgIpc) is 2.99. The second kappa shape index (κ2) is 15.4. The Balaban J connectivity index is 1.69. The molecule has 0 fully saturated rings. The summed E-state index contributed by atoms with van der Waals surface area (Å²) in [6.07, 6.45) is 5.84. The highest BCUT2D eigenvalue weighted by Gasteiger charge is 2.24. The number of ether oxygens (including phenoxy) is 1. The Morgan fingerprint density at radius 1 is 0.907 bits per heavy atom. The number of hydrogen-bond donors (Lipinski definition) is 1. The summed E-state index contributed by atoms with van der Waals surface area (Å²) in [4.78, 5) is 32.3. The lowest BCUT2D eigenvalue weighted by Gasteiger charge is -2.24. The molecule has 0 bridgehead atoms. The van der Waals surface area contributed by atoms with E-state index in [9.17, 15) is 18.4 Å². The first kappa shape index (κ1) is 31.8. The van der Waals surface area contributed by atoms with E-state index in [4.69, 9.17) is 4.74 Å². The number of rotatable bonds is 13. The van der Waals surface area contributed by atoms with Gasteiger partial charge in [-0.2, -0.15) is 11.8 Å². The molecular weight excluding hydrogens is 568 g/mol. The first-order valence-corrected chi connectivity index (χ1v) is 15.3. The summed E-state index contributed by atoms with van der Waals surface area (Å²) in [6.45, 7) is 3.20. The second-order valence-corrected chi connectivity index (χ2v) is 11.3. The van der Waals surface area contributed by atoms with Crippen LogP contribution in [0, 0.1) is 18.6 Å². The Labute approximate surface area is 255 Å². The van der Waals surface area contributed by atoms with E-state index in [2.05, 4.69) is 15.2 Å². The molecule has 0 aliphatic heterocycles. The van der Waals surface area contributed by atoms with Gasteiger partial charge in [0.2, 0.25) is 0 Å². The molecular formula is C34H35F2N3O3S. The molecule has 0 aliphatic rings. The standard InChI is InChI=1S/C34H35F2N3O3S/c1-23-7-4-5-9-29(23)31-17-24(10-11-30(31)33(40)38-32(12-14-43-3)34(41)42-2)20-39(21-25-8-6-13-37-19-25)22-26-15-27(35)18-28(36)16-26/h4-11,13,15-19,32H,12,14,20-22H2,1-3H3,(H,38,40). The van der Waals surface area contributed by atoms with Gasteiger partial charge in [0.1, 0.15) is 17.7 Å². The topological polar surface area (TPSA) is 71.5 Å². The van der Waals surface area contributed by atoms with Gasteiger partial charge < -0.3 is 10.1 Å². The molecule has 1 heterocycles. The van der Waals surface area contributed by atoms with Gasteiger partial charge in [-0.15, -0.1) is 0 Å². The Kier molecular flexibility index (Phi) is 11.4. The molecule has 1 N–H and O–H groups in total. The largest absolute Gasteiger partial charge is 0.467 e. The van der Waals surface area contributed by atoms with Crippen LogP contribution in [-0.2, 0) is 29.2 Å². The maximum atomic E-state index is 14.0. The minimum absolute atomic E-state index is 0.293. The van der Waals surface area contributed by atoms with Crippen LogP contribution in [0.2, 0.25) is 0 Å². The Bertz CT molecular complexity index is 1530. The highest BCUT2D eigenvalue weighted by molar-refractivity contribution is 7.98.